The van der Waals surface area contributed by atoms with Crippen LogP contribution in [0.2, 0.25) is 0 Å². The summed E-state index contributed by atoms with van der Waals surface area (Å²) in [4.78, 5) is 10.5. The van der Waals surface area contributed by atoms with Gasteiger partial charge in [0.1, 0.15) is 0 Å². The molecule has 0 aromatic rings. The molecule has 0 heterocycles. The SMILES string of the molecule is COCCC(C)S(=O)CC(C)C(=O)O. The Balaban J connectivity index is 3.88. The first-order chi connectivity index (χ1) is 6.49. The van der Waals surface area contributed by atoms with Gasteiger partial charge >= 0.3 is 5.97 Å². The molecule has 0 amide bonds. The van der Waals surface area contributed by atoms with Crippen LogP contribution in [-0.2, 0) is 20.3 Å². The molecule has 0 aromatic heterocycles. The minimum absolute atomic E-state index is 0.00301. The maximum absolute atomic E-state index is 11.6. The highest BCUT2D eigenvalue weighted by Gasteiger charge is 2.18. The maximum Gasteiger partial charge on any atom is 0.307 e. The average molecular weight is 222 g/mol. The number of aliphatic carboxylic acids is 1. The van der Waals surface area contributed by atoms with E-state index in [-0.39, 0.29) is 11.0 Å². The molecular formula is C9H18O4S. The van der Waals surface area contributed by atoms with Crippen LogP contribution in [0.25, 0.3) is 0 Å². The molecule has 0 fully saturated rings. The van der Waals surface area contributed by atoms with Crippen LogP contribution in [-0.4, -0.2) is 40.0 Å². The van der Waals surface area contributed by atoms with Crippen molar-refractivity contribution in [1.29, 1.82) is 0 Å². The van der Waals surface area contributed by atoms with Crippen molar-refractivity contribution in [3.8, 4) is 0 Å². The summed E-state index contributed by atoms with van der Waals surface area (Å²) in [6, 6.07) is 0. The zero-order valence-corrected chi connectivity index (χ0v) is 9.67. The summed E-state index contributed by atoms with van der Waals surface area (Å²) >= 11 is 0. The molecule has 1 N–H and O–H groups in total. The highest BCUT2D eigenvalue weighted by Crippen LogP contribution is 2.07. The molecule has 0 spiro atoms. The van der Waals surface area contributed by atoms with Crippen molar-refractivity contribution in [1.82, 2.24) is 0 Å². The molecule has 5 heteroatoms. The number of hydrogen-bond donors (Lipinski definition) is 1. The van der Waals surface area contributed by atoms with Crippen molar-refractivity contribution in [2.45, 2.75) is 25.5 Å². The summed E-state index contributed by atoms with van der Waals surface area (Å²) in [6.45, 7) is 3.99. The molecular weight excluding hydrogens is 204 g/mol. The molecule has 3 atom stereocenters. The first-order valence-electron chi connectivity index (χ1n) is 4.58. The van der Waals surface area contributed by atoms with Gasteiger partial charge in [0, 0.05) is 35.5 Å². The summed E-state index contributed by atoms with van der Waals surface area (Å²) in [6.07, 6.45) is 0.704. The minimum atomic E-state index is -1.08. The largest absolute Gasteiger partial charge is 0.481 e. The molecule has 3 unspecified atom stereocenters. The summed E-state index contributed by atoms with van der Waals surface area (Å²) in [5, 5.41) is 8.63. The zero-order chi connectivity index (χ0) is 11.1. The molecule has 0 rings (SSSR count). The van der Waals surface area contributed by atoms with Gasteiger partial charge in [0.15, 0.2) is 0 Å². The molecule has 0 aliphatic carbocycles. The van der Waals surface area contributed by atoms with Gasteiger partial charge in [0.05, 0.1) is 5.92 Å². The second-order valence-electron chi connectivity index (χ2n) is 3.38. The highest BCUT2D eigenvalue weighted by atomic mass is 32.2. The number of carboxylic acid groups (broad SMARTS) is 1. The molecule has 14 heavy (non-hydrogen) atoms. The summed E-state index contributed by atoms with van der Waals surface area (Å²) in [7, 11) is 0.515. The van der Waals surface area contributed by atoms with Gasteiger partial charge in [-0.25, -0.2) is 0 Å². The Morgan fingerprint density at radius 2 is 2.07 bits per heavy atom. The van der Waals surface area contributed by atoms with Crippen molar-refractivity contribution in [3.05, 3.63) is 0 Å². The van der Waals surface area contributed by atoms with E-state index in [1.165, 1.54) is 0 Å². The van der Waals surface area contributed by atoms with E-state index in [2.05, 4.69) is 0 Å². The Kier molecular flexibility index (Phi) is 6.74. The smallest absolute Gasteiger partial charge is 0.307 e. The summed E-state index contributed by atoms with van der Waals surface area (Å²) in [5.74, 6) is -1.21. The van der Waals surface area contributed by atoms with Crippen molar-refractivity contribution in [3.63, 3.8) is 0 Å². The van der Waals surface area contributed by atoms with Crippen LogP contribution in [0, 0.1) is 5.92 Å². The third-order valence-electron chi connectivity index (χ3n) is 2.01. The Labute approximate surface area is 87.1 Å². The third-order valence-corrected chi connectivity index (χ3v) is 3.97. The number of ether oxygens (including phenoxy) is 1. The minimum Gasteiger partial charge on any atom is -0.481 e. The summed E-state index contributed by atoms with van der Waals surface area (Å²) in [5.41, 5.74) is 0. The van der Waals surface area contributed by atoms with Crippen LogP contribution < -0.4 is 0 Å². The lowest BCUT2D eigenvalue weighted by atomic mass is 10.2. The molecule has 4 nitrogen and oxygen atoms in total. The van der Waals surface area contributed by atoms with Crippen molar-refractivity contribution < 1.29 is 18.8 Å². The monoisotopic (exact) mass is 222 g/mol. The van der Waals surface area contributed by atoms with E-state index in [1.54, 1.807) is 14.0 Å². The normalized spacial score (nSPS) is 17.4. The van der Waals surface area contributed by atoms with Gasteiger partial charge in [-0.1, -0.05) is 13.8 Å². The van der Waals surface area contributed by atoms with E-state index in [4.69, 9.17) is 9.84 Å². The quantitative estimate of drug-likeness (QED) is 0.694. The van der Waals surface area contributed by atoms with Crippen LogP contribution in [0.4, 0.5) is 0 Å². The van der Waals surface area contributed by atoms with Crippen LogP contribution in [0.3, 0.4) is 0 Å². The fourth-order valence-electron chi connectivity index (χ4n) is 0.897. The first-order valence-corrected chi connectivity index (χ1v) is 5.96. The van der Waals surface area contributed by atoms with Crippen molar-refractivity contribution in [2.75, 3.05) is 19.5 Å². The van der Waals surface area contributed by atoms with E-state index >= 15 is 0 Å². The van der Waals surface area contributed by atoms with E-state index in [0.29, 0.717) is 13.0 Å². The van der Waals surface area contributed by atoms with E-state index in [0.717, 1.165) is 0 Å². The maximum atomic E-state index is 11.6. The average Bonchev–Trinajstić information content (AvgIpc) is 2.13. The van der Waals surface area contributed by atoms with E-state index in [9.17, 15) is 9.00 Å². The highest BCUT2D eigenvalue weighted by molar-refractivity contribution is 7.85. The van der Waals surface area contributed by atoms with E-state index in [1.807, 2.05) is 6.92 Å². The Morgan fingerprint density at radius 1 is 1.50 bits per heavy atom. The lowest BCUT2D eigenvalue weighted by Crippen LogP contribution is -2.23. The molecule has 0 bridgehead atoms. The lowest BCUT2D eigenvalue weighted by molar-refractivity contribution is -0.140. The van der Waals surface area contributed by atoms with Crippen LogP contribution in [0.5, 0.6) is 0 Å². The molecule has 0 saturated carbocycles. The van der Waals surface area contributed by atoms with Gasteiger partial charge in [-0.15, -0.1) is 0 Å². The first kappa shape index (κ1) is 13.6. The number of hydrogen-bond acceptors (Lipinski definition) is 3. The van der Waals surface area contributed by atoms with Crippen molar-refractivity contribution in [2.24, 2.45) is 5.92 Å². The fraction of sp³-hybridized carbons (Fsp3) is 0.889. The van der Waals surface area contributed by atoms with Gasteiger partial charge in [0.2, 0.25) is 0 Å². The molecule has 0 aliphatic rings. The predicted octanol–water partition coefficient (Wildman–Crippen LogP) is 0.881. The second-order valence-corrected chi connectivity index (χ2v) is 5.28. The zero-order valence-electron chi connectivity index (χ0n) is 8.86. The Bertz CT molecular complexity index is 205. The van der Waals surface area contributed by atoms with Crippen LogP contribution in [0.1, 0.15) is 20.3 Å². The molecule has 0 aliphatic heterocycles. The van der Waals surface area contributed by atoms with Crippen LogP contribution in [0.15, 0.2) is 0 Å². The number of methoxy groups -OCH3 is 1. The van der Waals surface area contributed by atoms with Gasteiger partial charge in [-0.2, -0.15) is 0 Å². The van der Waals surface area contributed by atoms with Crippen LogP contribution >= 0.6 is 0 Å². The molecule has 84 valence electrons. The topological polar surface area (TPSA) is 63.6 Å². The van der Waals surface area contributed by atoms with Gasteiger partial charge in [-0.05, 0) is 6.42 Å². The molecule has 0 saturated heterocycles. The predicted molar refractivity (Wildman–Crippen MR) is 55.8 cm³/mol. The van der Waals surface area contributed by atoms with Crippen molar-refractivity contribution >= 4 is 16.8 Å². The number of carbonyl (C=O) groups is 1. The fourth-order valence-corrected chi connectivity index (χ4v) is 2.22. The van der Waals surface area contributed by atoms with Gasteiger partial charge in [0.25, 0.3) is 0 Å². The standard InChI is InChI=1S/C9H18O4S/c1-7(9(10)11)6-14(12)8(2)4-5-13-3/h7-8H,4-6H2,1-3H3,(H,10,11). The summed E-state index contributed by atoms with van der Waals surface area (Å²) < 4.78 is 16.4. The number of carboxylic acids is 1. The Hall–Kier alpha value is -0.420. The van der Waals surface area contributed by atoms with E-state index < -0.39 is 22.7 Å². The molecule has 0 radical (unpaired) electrons. The van der Waals surface area contributed by atoms with Gasteiger partial charge in [-0.3, -0.25) is 9.00 Å². The Morgan fingerprint density at radius 3 is 2.50 bits per heavy atom. The second kappa shape index (κ2) is 6.95. The molecule has 0 aromatic carbocycles. The third kappa shape index (κ3) is 5.34. The van der Waals surface area contributed by atoms with Gasteiger partial charge < -0.3 is 9.84 Å². The lowest BCUT2D eigenvalue weighted by Gasteiger charge is -2.12. The number of rotatable bonds is 7.